The van der Waals surface area contributed by atoms with Gasteiger partial charge in [0.25, 0.3) is 0 Å². The van der Waals surface area contributed by atoms with E-state index in [9.17, 15) is 0 Å². The maximum Gasteiger partial charge on any atom is 0.0465 e. The average molecular weight is 237 g/mol. The van der Waals surface area contributed by atoms with Crippen LogP contribution in [0, 0.1) is 0 Å². The van der Waals surface area contributed by atoms with Crippen LogP contribution in [0.5, 0.6) is 0 Å². The molecule has 0 bridgehead atoms. The third-order valence-corrected chi connectivity index (χ3v) is 4.38. The molecule has 0 saturated heterocycles. The Kier molecular flexibility index (Phi) is 2.37. The zero-order chi connectivity index (χ0) is 11.2. The first-order chi connectivity index (χ1) is 7.77. The predicted molar refractivity (Wildman–Crippen MR) is 68.2 cm³/mol. The molecular formula is C13H17ClN2. The van der Waals surface area contributed by atoms with Crippen molar-refractivity contribution in [1.82, 2.24) is 0 Å². The molecule has 0 unspecified atom stereocenters. The van der Waals surface area contributed by atoms with Crippen molar-refractivity contribution < 1.29 is 0 Å². The fraction of sp³-hybridized carbons (Fsp3) is 0.538. The van der Waals surface area contributed by atoms with Gasteiger partial charge in [0, 0.05) is 41.3 Å². The van der Waals surface area contributed by atoms with Gasteiger partial charge in [-0.25, -0.2) is 0 Å². The van der Waals surface area contributed by atoms with Crippen LogP contribution in [-0.2, 0) is 5.41 Å². The van der Waals surface area contributed by atoms with E-state index in [1.165, 1.54) is 30.5 Å². The van der Waals surface area contributed by atoms with Gasteiger partial charge in [-0.3, -0.25) is 0 Å². The van der Waals surface area contributed by atoms with E-state index in [1.807, 2.05) is 12.1 Å². The minimum Gasteiger partial charge on any atom is -0.369 e. The van der Waals surface area contributed by atoms with Crippen LogP contribution in [-0.4, -0.2) is 19.6 Å². The van der Waals surface area contributed by atoms with E-state index in [2.05, 4.69) is 11.0 Å². The molecule has 2 aliphatic rings. The normalized spacial score (nSPS) is 21.0. The van der Waals surface area contributed by atoms with Crippen molar-refractivity contribution in [3.05, 3.63) is 28.8 Å². The Labute approximate surface area is 101 Å². The summed E-state index contributed by atoms with van der Waals surface area (Å²) in [5.41, 5.74) is 8.73. The van der Waals surface area contributed by atoms with Crippen molar-refractivity contribution in [1.29, 1.82) is 0 Å². The number of fused-ring (bicyclic) bond motifs is 2. The molecular weight excluding hydrogens is 220 g/mol. The zero-order valence-electron chi connectivity index (χ0n) is 9.38. The number of benzene rings is 1. The van der Waals surface area contributed by atoms with Gasteiger partial charge in [-0.2, -0.15) is 0 Å². The number of hydrogen-bond acceptors (Lipinski definition) is 2. The Morgan fingerprint density at radius 3 is 2.81 bits per heavy atom. The average Bonchev–Trinajstić information content (AvgIpc) is 2.55. The molecule has 3 rings (SSSR count). The molecule has 3 heteroatoms. The van der Waals surface area contributed by atoms with E-state index >= 15 is 0 Å². The summed E-state index contributed by atoms with van der Waals surface area (Å²) < 4.78 is 0. The summed E-state index contributed by atoms with van der Waals surface area (Å²) in [6, 6.07) is 6.25. The van der Waals surface area contributed by atoms with Crippen LogP contribution in [0.2, 0.25) is 5.02 Å². The predicted octanol–water partition coefficient (Wildman–Crippen LogP) is 2.54. The molecule has 1 fully saturated rings. The number of anilines is 1. The number of halogens is 1. The Morgan fingerprint density at radius 1 is 1.38 bits per heavy atom. The lowest BCUT2D eigenvalue weighted by Crippen LogP contribution is -2.40. The molecule has 86 valence electrons. The lowest BCUT2D eigenvalue weighted by Gasteiger charge is -2.39. The lowest BCUT2D eigenvalue weighted by atomic mass is 9.66. The topological polar surface area (TPSA) is 29.3 Å². The van der Waals surface area contributed by atoms with Gasteiger partial charge < -0.3 is 10.6 Å². The van der Waals surface area contributed by atoms with Gasteiger partial charge >= 0.3 is 0 Å². The largest absolute Gasteiger partial charge is 0.369 e. The fourth-order valence-corrected chi connectivity index (χ4v) is 3.57. The molecule has 0 atom stereocenters. The molecule has 0 aromatic heterocycles. The highest BCUT2D eigenvalue weighted by atomic mass is 35.5. The molecule has 16 heavy (non-hydrogen) atoms. The van der Waals surface area contributed by atoms with Gasteiger partial charge in [0.15, 0.2) is 0 Å². The van der Waals surface area contributed by atoms with E-state index in [0.29, 0.717) is 12.0 Å². The summed E-state index contributed by atoms with van der Waals surface area (Å²) >= 11 is 6.37. The molecule has 1 aliphatic carbocycles. The summed E-state index contributed by atoms with van der Waals surface area (Å²) in [7, 11) is 0. The van der Waals surface area contributed by atoms with Crippen molar-refractivity contribution >= 4 is 17.3 Å². The molecule has 1 aromatic carbocycles. The first kappa shape index (κ1) is 10.4. The number of hydrogen-bond donors (Lipinski definition) is 1. The van der Waals surface area contributed by atoms with Gasteiger partial charge in [0.2, 0.25) is 0 Å². The van der Waals surface area contributed by atoms with Crippen molar-refractivity contribution in [3.63, 3.8) is 0 Å². The van der Waals surface area contributed by atoms with Gasteiger partial charge in [0.1, 0.15) is 0 Å². The van der Waals surface area contributed by atoms with Gasteiger partial charge in [-0.05, 0) is 25.0 Å². The van der Waals surface area contributed by atoms with Gasteiger partial charge in [0.05, 0.1) is 0 Å². The van der Waals surface area contributed by atoms with Crippen LogP contribution in [0.15, 0.2) is 18.2 Å². The Balaban J connectivity index is 2.07. The molecule has 1 saturated carbocycles. The number of rotatable bonds is 2. The monoisotopic (exact) mass is 236 g/mol. The minimum atomic E-state index is 0.350. The highest BCUT2D eigenvalue weighted by Gasteiger charge is 2.47. The summed E-state index contributed by atoms with van der Waals surface area (Å²) in [5, 5.41) is 0.941. The maximum atomic E-state index is 6.37. The van der Waals surface area contributed by atoms with Crippen molar-refractivity contribution in [2.45, 2.75) is 24.7 Å². The molecule has 0 amide bonds. The second kappa shape index (κ2) is 3.64. The van der Waals surface area contributed by atoms with Crippen LogP contribution in [0.25, 0.3) is 0 Å². The van der Waals surface area contributed by atoms with Crippen molar-refractivity contribution in [2.24, 2.45) is 5.73 Å². The summed E-state index contributed by atoms with van der Waals surface area (Å²) in [6.07, 6.45) is 3.90. The van der Waals surface area contributed by atoms with Crippen LogP contribution in [0.3, 0.4) is 0 Å². The van der Waals surface area contributed by atoms with Crippen molar-refractivity contribution in [3.8, 4) is 0 Å². The summed E-state index contributed by atoms with van der Waals surface area (Å²) in [4.78, 5) is 2.40. The molecule has 1 aromatic rings. The zero-order valence-corrected chi connectivity index (χ0v) is 10.1. The Bertz CT molecular complexity index is 412. The Hall–Kier alpha value is -0.730. The molecule has 1 heterocycles. The highest BCUT2D eigenvalue weighted by molar-refractivity contribution is 6.32. The van der Waals surface area contributed by atoms with Gasteiger partial charge in [-0.15, -0.1) is 0 Å². The third kappa shape index (κ3) is 1.30. The van der Waals surface area contributed by atoms with E-state index in [-0.39, 0.29) is 0 Å². The molecule has 2 nitrogen and oxygen atoms in total. The quantitative estimate of drug-likeness (QED) is 0.855. The first-order valence-electron chi connectivity index (χ1n) is 6.01. The SMILES string of the molecule is NCCN1CC2(CCC2)c2c(Cl)cccc21. The van der Waals surface area contributed by atoms with E-state index in [0.717, 1.165) is 18.1 Å². The molecule has 1 aliphatic heterocycles. The number of nitrogens with two attached hydrogens (primary N) is 1. The van der Waals surface area contributed by atoms with Crippen LogP contribution < -0.4 is 10.6 Å². The van der Waals surface area contributed by atoms with Gasteiger partial charge in [-0.1, -0.05) is 24.1 Å². The molecule has 2 N–H and O–H groups in total. The second-order valence-electron chi connectivity index (χ2n) is 4.98. The molecule has 1 spiro atoms. The summed E-state index contributed by atoms with van der Waals surface area (Å²) in [5.74, 6) is 0. The van der Waals surface area contributed by atoms with Crippen LogP contribution in [0.4, 0.5) is 5.69 Å². The van der Waals surface area contributed by atoms with E-state index in [4.69, 9.17) is 17.3 Å². The smallest absolute Gasteiger partial charge is 0.0465 e. The van der Waals surface area contributed by atoms with E-state index < -0.39 is 0 Å². The van der Waals surface area contributed by atoms with E-state index in [1.54, 1.807) is 0 Å². The third-order valence-electron chi connectivity index (χ3n) is 4.07. The highest BCUT2D eigenvalue weighted by Crippen LogP contribution is 2.54. The minimum absolute atomic E-state index is 0.350. The molecule has 0 radical (unpaired) electrons. The fourth-order valence-electron chi connectivity index (χ4n) is 3.20. The maximum absolute atomic E-state index is 6.37. The lowest BCUT2D eigenvalue weighted by molar-refractivity contribution is 0.263. The number of nitrogens with zero attached hydrogens (tertiary/aromatic N) is 1. The van der Waals surface area contributed by atoms with Crippen LogP contribution in [0.1, 0.15) is 24.8 Å². The Morgan fingerprint density at radius 2 is 2.19 bits per heavy atom. The summed E-state index contributed by atoms with van der Waals surface area (Å²) in [6.45, 7) is 2.76. The standard InChI is InChI=1S/C13H17ClN2/c14-10-3-1-4-11-12(10)13(5-2-6-13)9-16(11)8-7-15/h1,3-4H,2,5-9,15H2. The second-order valence-corrected chi connectivity index (χ2v) is 5.39. The van der Waals surface area contributed by atoms with Crippen LogP contribution >= 0.6 is 11.6 Å². The van der Waals surface area contributed by atoms with Crippen molar-refractivity contribution in [2.75, 3.05) is 24.5 Å². The first-order valence-corrected chi connectivity index (χ1v) is 6.39.